The minimum atomic E-state index is -5.12. The molecule has 0 aliphatic carbocycles. The minimum absolute atomic E-state index is 0.0935. The van der Waals surface area contributed by atoms with E-state index in [2.05, 4.69) is 3.63 Å². The molecule has 122 valence electrons. The molecule has 0 spiro atoms. The highest BCUT2D eigenvalue weighted by Gasteiger charge is 2.27. The van der Waals surface area contributed by atoms with E-state index in [0.29, 0.717) is 0 Å². The number of carbonyl (C=O) groups excluding carboxylic acids is 1. The van der Waals surface area contributed by atoms with Crippen LogP contribution < -0.4 is 0 Å². The molecule has 20 heavy (non-hydrogen) atoms. The number of carbonyl (C=O) groups is 1. The monoisotopic (exact) mass is 342 g/mol. The first-order valence-electron chi connectivity index (χ1n) is 4.54. The van der Waals surface area contributed by atoms with Crippen LogP contribution in [0.1, 0.15) is 6.92 Å². The third kappa shape index (κ3) is 12.3. The van der Waals surface area contributed by atoms with Gasteiger partial charge in [-0.25, -0.2) is 0 Å². The van der Waals surface area contributed by atoms with Gasteiger partial charge in [-0.15, -0.1) is 3.63 Å². The Labute approximate surface area is 114 Å². The Morgan fingerprint density at radius 1 is 0.900 bits per heavy atom. The van der Waals surface area contributed by atoms with Gasteiger partial charge in [0.1, 0.15) is 18.3 Å². The fourth-order valence-corrected chi connectivity index (χ4v) is 1.55. The summed E-state index contributed by atoms with van der Waals surface area (Å²) in [5.41, 5.74) is 0. The number of hydrogen-bond donors (Lipinski definition) is 6. The molecule has 0 rings (SSSR count). The average molecular weight is 342 g/mol. The van der Waals surface area contributed by atoms with Crippen molar-refractivity contribution in [3.8, 4) is 0 Å². The molecule has 14 heteroatoms. The lowest BCUT2D eigenvalue weighted by atomic mass is 10.1. The summed E-state index contributed by atoms with van der Waals surface area (Å²) in [6.07, 6.45) is -5.88. The zero-order valence-electron chi connectivity index (χ0n) is 9.84. The van der Waals surface area contributed by atoms with E-state index in [1.165, 1.54) is 6.92 Å². The van der Waals surface area contributed by atoms with Gasteiger partial charge < -0.3 is 25.2 Å². The number of aldehydes is 1. The van der Waals surface area contributed by atoms with E-state index in [9.17, 15) is 21.6 Å². The molecule has 0 radical (unpaired) electrons. The highest BCUT2D eigenvalue weighted by Crippen LogP contribution is 2.02. The van der Waals surface area contributed by atoms with E-state index in [0.717, 1.165) is 0 Å². The summed E-state index contributed by atoms with van der Waals surface area (Å²) in [5.74, 6) is 0. The van der Waals surface area contributed by atoms with Crippen LogP contribution in [0.3, 0.4) is 0 Å². The van der Waals surface area contributed by atoms with Crippen LogP contribution >= 0.6 is 0 Å². The Bertz CT molecular complexity index is 448. The van der Waals surface area contributed by atoms with Crippen LogP contribution in [0, 0.1) is 0 Å². The molecule has 0 aliphatic heterocycles. The molecular formula is C6H14O12S2. The highest BCUT2D eigenvalue weighted by molar-refractivity contribution is 7.94. The lowest BCUT2D eigenvalue weighted by Gasteiger charge is -2.21. The quantitative estimate of drug-likeness (QED) is 0.203. The molecule has 0 saturated heterocycles. The van der Waals surface area contributed by atoms with Crippen LogP contribution in [0.2, 0.25) is 0 Å². The van der Waals surface area contributed by atoms with Gasteiger partial charge in [0.15, 0.2) is 6.29 Å². The summed E-state index contributed by atoms with van der Waals surface area (Å²) in [7, 11) is -10.2. The maximum absolute atomic E-state index is 9.87. The van der Waals surface area contributed by atoms with E-state index in [4.69, 9.17) is 29.5 Å². The molecule has 0 aromatic carbocycles. The second-order valence-electron chi connectivity index (χ2n) is 3.27. The Morgan fingerprint density at radius 2 is 1.25 bits per heavy atom. The van der Waals surface area contributed by atoms with Gasteiger partial charge in [0.2, 0.25) is 0 Å². The molecular weight excluding hydrogens is 328 g/mol. The van der Waals surface area contributed by atoms with Crippen molar-refractivity contribution < 1.29 is 54.8 Å². The lowest BCUT2D eigenvalue weighted by Crippen LogP contribution is -2.43. The normalized spacial score (nSPS) is 18.1. The van der Waals surface area contributed by atoms with Crippen molar-refractivity contribution in [3.05, 3.63) is 0 Å². The molecule has 4 atom stereocenters. The molecule has 0 heterocycles. The third-order valence-corrected chi connectivity index (χ3v) is 2.88. The topological polar surface area (TPSA) is 216 Å². The van der Waals surface area contributed by atoms with Crippen molar-refractivity contribution in [1.82, 2.24) is 0 Å². The van der Waals surface area contributed by atoms with Crippen molar-refractivity contribution in [3.63, 3.8) is 0 Å². The van der Waals surface area contributed by atoms with Crippen LogP contribution in [-0.2, 0) is 29.2 Å². The predicted octanol–water partition coefficient (Wildman–Crippen LogP) is -3.74. The summed E-state index contributed by atoms with van der Waals surface area (Å²) in [5, 5.41) is 35.1. The van der Waals surface area contributed by atoms with Crippen molar-refractivity contribution in [2.45, 2.75) is 31.3 Å². The fraction of sp³-hybridized carbons (Fsp3) is 0.833. The van der Waals surface area contributed by atoms with Crippen LogP contribution in [0.5, 0.6) is 0 Å². The van der Waals surface area contributed by atoms with E-state index in [1.54, 1.807) is 0 Å². The molecule has 0 fully saturated rings. The van der Waals surface area contributed by atoms with Gasteiger partial charge >= 0.3 is 20.8 Å². The molecule has 0 saturated carbocycles. The Morgan fingerprint density at radius 3 is 1.40 bits per heavy atom. The van der Waals surface area contributed by atoms with Crippen LogP contribution in [-0.4, -0.2) is 77.1 Å². The maximum atomic E-state index is 9.87. The van der Waals surface area contributed by atoms with Gasteiger partial charge in [-0.1, -0.05) is 0 Å². The number of aliphatic hydroxyl groups is 4. The van der Waals surface area contributed by atoms with Gasteiger partial charge in [0.25, 0.3) is 0 Å². The first kappa shape index (κ1) is 21.6. The second-order valence-corrected chi connectivity index (χ2v) is 5.53. The maximum Gasteiger partial charge on any atom is 0.413 e. The molecule has 12 nitrogen and oxygen atoms in total. The van der Waals surface area contributed by atoms with E-state index >= 15 is 0 Å². The van der Waals surface area contributed by atoms with Crippen LogP contribution in [0.25, 0.3) is 0 Å². The van der Waals surface area contributed by atoms with Gasteiger partial charge in [-0.3, -0.25) is 9.11 Å². The van der Waals surface area contributed by atoms with Crippen molar-refractivity contribution in [2.24, 2.45) is 0 Å². The first-order valence-corrected chi connectivity index (χ1v) is 7.27. The lowest BCUT2D eigenvalue weighted by molar-refractivity contribution is -0.132. The number of rotatable bonds is 6. The summed E-state index contributed by atoms with van der Waals surface area (Å²) in [4.78, 5) is 9.87. The standard InChI is InChI=1S/C6H12O5.H2O7S2/c1-3(8)5(10)6(11)4(9)2-7;1-8(2,3)7-9(4,5)6/h2-6,8-11H,1H3;(H,1,2,3)(H,4,5,6). The van der Waals surface area contributed by atoms with E-state index in [1.807, 2.05) is 0 Å². The van der Waals surface area contributed by atoms with Crippen LogP contribution in [0.4, 0.5) is 0 Å². The molecule has 4 unspecified atom stereocenters. The van der Waals surface area contributed by atoms with Gasteiger partial charge in [0.05, 0.1) is 6.10 Å². The molecule has 0 amide bonds. The zero-order valence-corrected chi connectivity index (χ0v) is 11.5. The molecule has 0 bridgehead atoms. The molecule has 0 aromatic heterocycles. The van der Waals surface area contributed by atoms with Crippen molar-refractivity contribution in [1.29, 1.82) is 0 Å². The minimum Gasteiger partial charge on any atom is -0.391 e. The summed E-state index contributed by atoms with van der Waals surface area (Å²) >= 11 is 0. The summed E-state index contributed by atoms with van der Waals surface area (Å²) < 4.78 is 55.6. The fourth-order valence-electron chi connectivity index (χ4n) is 0.677. The number of aliphatic hydroxyl groups excluding tert-OH is 4. The predicted molar refractivity (Wildman–Crippen MR) is 59.9 cm³/mol. The Hall–Kier alpha value is -0.710. The smallest absolute Gasteiger partial charge is 0.391 e. The average Bonchev–Trinajstić information content (AvgIpc) is 2.21. The van der Waals surface area contributed by atoms with Gasteiger partial charge in [-0.05, 0) is 6.92 Å². The summed E-state index contributed by atoms with van der Waals surface area (Å²) in [6.45, 7) is 1.24. The zero-order chi connectivity index (χ0) is 16.7. The Balaban J connectivity index is 0. The second kappa shape index (κ2) is 8.55. The molecule has 0 aromatic rings. The Kier molecular flexibility index (Phi) is 9.23. The SMILES string of the molecule is CC(O)C(O)C(O)C(O)C=O.O=S(=O)(O)OS(=O)(=O)O. The van der Waals surface area contributed by atoms with Crippen molar-refractivity contribution >= 4 is 27.1 Å². The van der Waals surface area contributed by atoms with Gasteiger partial charge in [0, 0.05) is 0 Å². The van der Waals surface area contributed by atoms with E-state index < -0.39 is 45.2 Å². The van der Waals surface area contributed by atoms with Crippen molar-refractivity contribution in [2.75, 3.05) is 0 Å². The van der Waals surface area contributed by atoms with Gasteiger partial charge in [-0.2, -0.15) is 16.8 Å². The highest BCUT2D eigenvalue weighted by atomic mass is 32.3. The number of hydrogen-bond acceptors (Lipinski definition) is 10. The first-order chi connectivity index (χ1) is 8.71. The van der Waals surface area contributed by atoms with E-state index in [-0.39, 0.29) is 6.29 Å². The third-order valence-electron chi connectivity index (χ3n) is 1.51. The molecule has 0 aliphatic rings. The van der Waals surface area contributed by atoms with Crippen LogP contribution in [0.15, 0.2) is 0 Å². The molecule has 6 N–H and O–H groups in total. The largest absolute Gasteiger partial charge is 0.413 e. The summed E-state index contributed by atoms with van der Waals surface area (Å²) in [6, 6.07) is 0.